The number of hydrogen-bond acceptors (Lipinski definition) is 3. The van der Waals surface area contributed by atoms with Crippen molar-refractivity contribution in [2.24, 2.45) is 0 Å². The quantitative estimate of drug-likeness (QED) is 0.613. The van der Waals surface area contributed by atoms with Crippen LogP contribution in [-0.2, 0) is 4.79 Å². The van der Waals surface area contributed by atoms with Gasteiger partial charge in [-0.3, -0.25) is 9.69 Å². The number of carbonyl (C=O) groups is 2. The first kappa shape index (κ1) is 18.3. The molecule has 1 fully saturated rings. The van der Waals surface area contributed by atoms with Gasteiger partial charge in [-0.25, -0.2) is 4.79 Å². The van der Waals surface area contributed by atoms with Gasteiger partial charge < -0.3 is 10.1 Å². The second-order valence-electron chi connectivity index (χ2n) is 7.25. The molecule has 24 heavy (non-hydrogen) atoms. The second kappa shape index (κ2) is 7.24. The van der Waals surface area contributed by atoms with Crippen LogP contribution in [0.4, 0.5) is 4.79 Å². The van der Waals surface area contributed by atoms with E-state index in [9.17, 15) is 9.59 Å². The summed E-state index contributed by atoms with van der Waals surface area (Å²) >= 11 is 0. The molecule has 1 heterocycles. The summed E-state index contributed by atoms with van der Waals surface area (Å²) in [5.74, 6) is 1.22. The van der Waals surface area contributed by atoms with Crippen LogP contribution in [-0.4, -0.2) is 35.5 Å². The van der Waals surface area contributed by atoms with E-state index in [1.54, 1.807) is 13.8 Å². The van der Waals surface area contributed by atoms with Crippen molar-refractivity contribution in [3.63, 3.8) is 0 Å². The van der Waals surface area contributed by atoms with Gasteiger partial charge in [0.05, 0.1) is 6.61 Å². The largest absolute Gasteiger partial charge is 0.493 e. The van der Waals surface area contributed by atoms with E-state index in [0.29, 0.717) is 19.1 Å². The van der Waals surface area contributed by atoms with Crippen LogP contribution in [0.15, 0.2) is 18.2 Å². The number of hydrogen-bond donors (Lipinski definition) is 1. The zero-order chi connectivity index (χ0) is 17.9. The molecule has 5 nitrogen and oxygen atoms in total. The Labute approximate surface area is 144 Å². The molecule has 0 unspecified atom stereocenters. The molecule has 1 saturated heterocycles. The fourth-order valence-electron chi connectivity index (χ4n) is 2.71. The summed E-state index contributed by atoms with van der Waals surface area (Å²) in [6.07, 6.45) is 1.53. The fourth-order valence-corrected chi connectivity index (χ4v) is 2.71. The zero-order valence-electron chi connectivity index (χ0n) is 15.3. The lowest BCUT2D eigenvalue weighted by Gasteiger charge is -2.16. The summed E-state index contributed by atoms with van der Waals surface area (Å²) in [5.41, 5.74) is 1.59. The summed E-state index contributed by atoms with van der Waals surface area (Å²) in [6.45, 7) is 10.8. The number of nitrogens with zero attached hydrogens (tertiary/aromatic N) is 1. The van der Waals surface area contributed by atoms with Gasteiger partial charge in [-0.05, 0) is 56.7 Å². The Morgan fingerprint density at radius 1 is 1.21 bits per heavy atom. The molecular weight excluding hydrogens is 304 g/mol. The van der Waals surface area contributed by atoms with Gasteiger partial charge in [-0.15, -0.1) is 0 Å². The lowest BCUT2D eigenvalue weighted by Crippen LogP contribution is -2.40. The number of carbonyl (C=O) groups excluding carboxylic acids is 2. The average molecular weight is 332 g/mol. The third-order valence-electron chi connectivity index (χ3n) is 4.36. The number of imide groups is 1. The standard InChI is InChI=1S/C19H28N2O3/c1-13(2)15-9-8-14(3)16(12-15)24-11-7-6-10-21-17(22)19(4,5)20-18(21)23/h8-9,12-13H,6-7,10-11H2,1-5H3,(H,20,23). The first-order chi connectivity index (χ1) is 11.2. The van der Waals surface area contributed by atoms with Gasteiger partial charge in [-0.2, -0.15) is 0 Å². The Bertz CT molecular complexity index is 623. The van der Waals surface area contributed by atoms with Crippen molar-refractivity contribution in [3.05, 3.63) is 29.3 Å². The number of amides is 3. The van der Waals surface area contributed by atoms with Gasteiger partial charge in [-0.1, -0.05) is 26.0 Å². The number of unbranched alkanes of at least 4 members (excludes halogenated alkanes) is 1. The molecule has 0 spiro atoms. The molecule has 2 rings (SSSR count). The van der Waals surface area contributed by atoms with Gasteiger partial charge in [0.2, 0.25) is 0 Å². The predicted molar refractivity (Wildman–Crippen MR) is 94.3 cm³/mol. The molecular formula is C19H28N2O3. The summed E-state index contributed by atoms with van der Waals surface area (Å²) in [5, 5.41) is 2.69. The SMILES string of the molecule is Cc1ccc(C(C)C)cc1OCCCCN1C(=O)NC(C)(C)C1=O. The molecule has 0 saturated carbocycles. The lowest BCUT2D eigenvalue weighted by molar-refractivity contribution is -0.130. The Kier molecular flexibility index (Phi) is 5.52. The van der Waals surface area contributed by atoms with Crippen molar-refractivity contribution in [2.45, 2.75) is 58.9 Å². The molecule has 0 aliphatic carbocycles. The van der Waals surface area contributed by atoms with Crippen LogP contribution >= 0.6 is 0 Å². The summed E-state index contributed by atoms with van der Waals surface area (Å²) in [4.78, 5) is 25.2. The van der Waals surface area contributed by atoms with Crippen LogP contribution in [0.2, 0.25) is 0 Å². The molecule has 0 bridgehead atoms. The summed E-state index contributed by atoms with van der Waals surface area (Å²) in [7, 11) is 0. The van der Waals surface area contributed by atoms with Crippen molar-refractivity contribution < 1.29 is 14.3 Å². The third-order valence-corrected chi connectivity index (χ3v) is 4.36. The molecule has 1 N–H and O–H groups in total. The highest BCUT2D eigenvalue weighted by Gasteiger charge is 2.43. The van der Waals surface area contributed by atoms with Gasteiger partial charge in [0.1, 0.15) is 11.3 Å². The summed E-state index contributed by atoms with van der Waals surface area (Å²) in [6, 6.07) is 6.01. The number of benzene rings is 1. The first-order valence-electron chi connectivity index (χ1n) is 8.60. The van der Waals surface area contributed by atoms with E-state index in [4.69, 9.17) is 4.74 Å². The third kappa shape index (κ3) is 4.08. The molecule has 1 aromatic rings. The number of rotatable bonds is 7. The van der Waals surface area contributed by atoms with E-state index in [0.717, 1.165) is 24.2 Å². The number of urea groups is 1. The second-order valence-corrected chi connectivity index (χ2v) is 7.25. The van der Waals surface area contributed by atoms with E-state index in [-0.39, 0.29) is 11.9 Å². The Balaban J connectivity index is 1.79. The van der Waals surface area contributed by atoms with Crippen LogP contribution in [0.1, 0.15) is 57.6 Å². The van der Waals surface area contributed by atoms with Crippen LogP contribution in [0.25, 0.3) is 0 Å². The van der Waals surface area contributed by atoms with Crippen LogP contribution in [0, 0.1) is 6.92 Å². The highest BCUT2D eigenvalue weighted by atomic mass is 16.5. The minimum atomic E-state index is -0.790. The maximum Gasteiger partial charge on any atom is 0.325 e. The predicted octanol–water partition coefficient (Wildman–Crippen LogP) is 3.61. The van der Waals surface area contributed by atoms with Gasteiger partial charge in [0.25, 0.3) is 5.91 Å². The molecule has 1 aromatic carbocycles. The minimum absolute atomic E-state index is 0.158. The highest BCUT2D eigenvalue weighted by Crippen LogP contribution is 2.24. The molecule has 1 aliphatic heterocycles. The highest BCUT2D eigenvalue weighted by molar-refractivity contribution is 6.06. The summed E-state index contributed by atoms with van der Waals surface area (Å²) < 4.78 is 5.88. The fraction of sp³-hybridized carbons (Fsp3) is 0.579. The molecule has 1 aliphatic rings. The van der Waals surface area contributed by atoms with E-state index < -0.39 is 5.54 Å². The number of ether oxygens (including phenoxy) is 1. The minimum Gasteiger partial charge on any atom is -0.493 e. The number of nitrogens with one attached hydrogen (secondary N) is 1. The topological polar surface area (TPSA) is 58.6 Å². The zero-order valence-corrected chi connectivity index (χ0v) is 15.3. The van der Waals surface area contributed by atoms with Gasteiger partial charge in [0.15, 0.2) is 0 Å². The van der Waals surface area contributed by atoms with Crippen LogP contribution in [0.3, 0.4) is 0 Å². The lowest BCUT2D eigenvalue weighted by atomic mass is 10.0. The van der Waals surface area contributed by atoms with Crippen molar-refractivity contribution in [1.82, 2.24) is 10.2 Å². The van der Waals surface area contributed by atoms with Gasteiger partial charge >= 0.3 is 6.03 Å². The van der Waals surface area contributed by atoms with E-state index >= 15 is 0 Å². The maximum absolute atomic E-state index is 12.1. The van der Waals surface area contributed by atoms with Crippen molar-refractivity contribution in [1.29, 1.82) is 0 Å². The normalized spacial score (nSPS) is 16.7. The van der Waals surface area contributed by atoms with Crippen LogP contribution < -0.4 is 10.1 Å². The van der Waals surface area contributed by atoms with E-state index in [2.05, 4.69) is 37.4 Å². The maximum atomic E-state index is 12.1. The molecule has 5 heteroatoms. The molecule has 132 valence electrons. The Hall–Kier alpha value is -2.04. The first-order valence-corrected chi connectivity index (χ1v) is 8.60. The van der Waals surface area contributed by atoms with E-state index in [1.807, 2.05) is 6.92 Å². The monoisotopic (exact) mass is 332 g/mol. The van der Waals surface area contributed by atoms with Gasteiger partial charge in [0, 0.05) is 6.54 Å². The van der Waals surface area contributed by atoms with E-state index in [1.165, 1.54) is 10.5 Å². The van der Waals surface area contributed by atoms with Crippen molar-refractivity contribution >= 4 is 11.9 Å². The van der Waals surface area contributed by atoms with Crippen molar-refractivity contribution in [2.75, 3.05) is 13.2 Å². The molecule has 0 radical (unpaired) electrons. The molecule has 0 atom stereocenters. The average Bonchev–Trinajstić information content (AvgIpc) is 2.69. The number of aryl methyl sites for hydroxylation is 1. The smallest absolute Gasteiger partial charge is 0.325 e. The Morgan fingerprint density at radius 3 is 2.50 bits per heavy atom. The van der Waals surface area contributed by atoms with Crippen LogP contribution in [0.5, 0.6) is 5.75 Å². The van der Waals surface area contributed by atoms with Crippen molar-refractivity contribution in [3.8, 4) is 5.75 Å². The molecule has 0 aromatic heterocycles. The molecule has 3 amide bonds. The Morgan fingerprint density at radius 2 is 1.92 bits per heavy atom.